The Hall–Kier alpha value is -0.393. The van der Waals surface area contributed by atoms with E-state index in [-0.39, 0.29) is 5.04 Å². The lowest BCUT2D eigenvalue weighted by Gasteiger charge is -2.36. The molecule has 5 heteroatoms. The second-order valence-corrected chi connectivity index (χ2v) is 10.2. The van der Waals surface area contributed by atoms with Crippen molar-refractivity contribution in [3.63, 3.8) is 0 Å². The third-order valence-electron chi connectivity index (χ3n) is 3.02. The maximum absolute atomic E-state index is 10.5. The van der Waals surface area contributed by atoms with Crippen molar-refractivity contribution in [1.82, 2.24) is 0 Å². The van der Waals surface area contributed by atoms with Crippen LogP contribution in [0.2, 0.25) is 18.1 Å². The van der Waals surface area contributed by atoms with E-state index in [4.69, 9.17) is 15.3 Å². The van der Waals surface area contributed by atoms with Crippen LogP contribution in [0.15, 0.2) is 0 Å². The van der Waals surface area contributed by atoms with Crippen LogP contribution in [0.5, 0.6) is 0 Å². The summed E-state index contributed by atoms with van der Waals surface area (Å²) >= 11 is 0. The van der Waals surface area contributed by atoms with Gasteiger partial charge in [-0.1, -0.05) is 20.8 Å². The molecule has 0 unspecified atom stereocenters. The predicted molar refractivity (Wildman–Crippen MR) is 63.4 cm³/mol. The topological polar surface area (TPSA) is 72.5 Å². The first-order valence-electron chi connectivity index (χ1n) is 5.20. The van der Waals surface area contributed by atoms with Gasteiger partial charge in [-0.3, -0.25) is 4.79 Å². The predicted octanol–water partition coefficient (Wildman–Crippen LogP) is 1.81. The van der Waals surface area contributed by atoms with Gasteiger partial charge in [-0.2, -0.15) is 0 Å². The molecule has 0 aromatic heterocycles. The van der Waals surface area contributed by atoms with Crippen LogP contribution < -0.4 is 5.73 Å². The summed E-state index contributed by atoms with van der Waals surface area (Å²) in [5, 5.41) is 8.76. The molecule has 0 aliphatic carbocycles. The summed E-state index contributed by atoms with van der Waals surface area (Å²) in [5.74, 6) is -0.964. The minimum Gasteiger partial charge on any atom is -0.480 e. The molecule has 90 valence electrons. The van der Waals surface area contributed by atoms with Crippen LogP contribution in [0.3, 0.4) is 0 Å². The highest BCUT2D eigenvalue weighted by Gasteiger charge is 2.37. The number of aliphatic carboxylic acids is 1. The molecule has 4 nitrogen and oxygen atoms in total. The minimum atomic E-state index is -1.75. The maximum Gasteiger partial charge on any atom is 0.320 e. The molecule has 0 fully saturated rings. The average Bonchev–Trinajstić information content (AvgIpc) is 2.01. The van der Waals surface area contributed by atoms with E-state index < -0.39 is 20.3 Å². The van der Waals surface area contributed by atoms with Gasteiger partial charge < -0.3 is 15.3 Å². The molecule has 3 N–H and O–H groups in total. The van der Waals surface area contributed by atoms with Crippen LogP contribution in [0.4, 0.5) is 0 Å². The maximum atomic E-state index is 10.5. The van der Waals surface area contributed by atoms with Crippen LogP contribution in [0, 0.1) is 0 Å². The molecule has 0 aromatic carbocycles. The van der Waals surface area contributed by atoms with E-state index in [1.54, 1.807) is 0 Å². The summed E-state index contributed by atoms with van der Waals surface area (Å²) in [6.45, 7) is 11.2. The molecule has 0 spiro atoms. The molecule has 0 heterocycles. The molecule has 0 aliphatic heterocycles. The SMILES string of the molecule is CC(C)(C)[Si](C)(C)OCC[C@@H](N)C(=O)O. The van der Waals surface area contributed by atoms with Crippen molar-refractivity contribution in [2.75, 3.05) is 6.61 Å². The van der Waals surface area contributed by atoms with E-state index in [9.17, 15) is 4.79 Å². The Morgan fingerprint density at radius 3 is 2.27 bits per heavy atom. The summed E-state index contributed by atoms with van der Waals surface area (Å²) in [7, 11) is -1.75. The number of hydrogen-bond donors (Lipinski definition) is 2. The highest BCUT2D eigenvalue weighted by Crippen LogP contribution is 2.36. The molecule has 0 aromatic rings. The molecule has 0 aliphatic rings. The molecule has 0 radical (unpaired) electrons. The molecular weight excluding hydrogens is 210 g/mol. The van der Waals surface area contributed by atoms with Gasteiger partial charge in [-0.15, -0.1) is 0 Å². The van der Waals surface area contributed by atoms with Gasteiger partial charge in [-0.25, -0.2) is 0 Å². The number of hydrogen-bond acceptors (Lipinski definition) is 3. The van der Waals surface area contributed by atoms with Crippen molar-refractivity contribution >= 4 is 14.3 Å². The van der Waals surface area contributed by atoms with Gasteiger partial charge in [0, 0.05) is 6.61 Å². The first kappa shape index (κ1) is 14.6. The lowest BCUT2D eigenvalue weighted by atomic mass is 10.2. The number of carboxylic acids is 1. The molecule has 15 heavy (non-hydrogen) atoms. The van der Waals surface area contributed by atoms with Crippen molar-refractivity contribution in [3.05, 3.63) is 0 Å². The molecule has 0 amide bonds. The fourth-order valence-corrected chi connectivity index (χ4v) is 1.84. The van der Waals surface area contributed by atoms with Crippen LogP contribution in [-0.4, -0.2) is 32.0 Å². The summed E-state index contributed by atoms with van der Waals surface area (Å²) in [6, 6.07) is -0.810. The Labute approximate surface area is 92.9 Å². The van der Waals surface area contributed by atoms with Crippen LogP contribution in [-0.2, 0) is 9.22 Å². The van der Waals surface area contributed by atoms with Crippen molar-refractivity contribution in [2.24, 2.45) is 5.73 Å². The lowest BCUT2D eigenvalue weighted by molar-refractivity contribution is -0.138. The molecule has 0 rings (SSSR count). The van der Waals surface area contributed by atoms with E-state index in [2.05, 4.69) is 33.9 Å². The second-order valence-electron chi connectivity index (χ2n) is 5.34. The summed E-state index contributed by atoms with van der Waals surface area (Å²) in [5.41, 5.74) is 5.39. The van der Waals surface area contributed by atoms with Crippen molar-refractivity contribution < 1.29 is 14.3 Å². The van der Waals surface area contributed by atoms with Gasteiger partial charge in [0.15, 0.2) is 8.32 Å². The summed E-state index contributed by atoms with van der Waals surface area (Å²) in [4.78, 5) is 10.5. The van der Waals surface area contributed by atoms with Crippen LogP contribution >= 0.6 is 0 Å². The van der Waals surface area contributed by atoms with Gasteiger partial charge in [0.05, 0.1) is 0 Å². The van der Waals surface area contributed by atoms with E-state index >= 15 is 0 Å². The minimum absolute atomic E-state index is 0.153. The van der Waals surface area contributed by atoms with Gasteiger partial charge in [-0.05, 0) is 24.6 Å². The van der Waals surface area contributed by atoms with Crippen molar-refractivity contribution in [1.29, 1.82) is 0 Å². The highest BCUT2D eigenvalue weighted by atomic mass is 28.4. The fourth-order valence-electron chi connectivity index (χ4n) is 0.781. The number of nitrogens with two attached hydrogens (primary N) is 1. The third-order valence-corrected chi connectivity index (χ3v) is 7.55. The largest absolute Gasteiger partial charge is 0.480 e. The number of rotatable bonds is 5. The third kappa shape index (κ3) is 4.77. The number of carbonyl (C=O) groups is 1. The Morgan fingerprint density at radius 2 is 1.93 bits per heavy atom. The molecule has 0 saturated heterocycles. The van der Waals surface area contributed by atoms with E-state index in [0.717, 1.165) is 0 Å². The van der Waals surface area contributed by atoms with Crippen molar-refractivity contribution in [2.45, 2.75) is 51.4 Å². The summed E-state index contributed by atoms with van der Waals surface area (Å²) in [6.07, 6.45) is 0.377. The zero-order valence-corrected chi connectivity index (χ0v) is 11.3. The standard InChI is InChI=1S/C10H23NO3Si/c1-10(2,3)15(4,5)14-7-6-8(11)9(12)13/h8H,6-7,11H2,1-5H3,(H,12,13)/t8-/m1/s1. The summed E-state index contributed by atoms with van der Waals surface area (Å²) < 4.78 is 5.81. The van der Waals surface area contributed by atoms with Gasteiger partial charge in [0.1, 0.15) is 6.04 Å². The number of carboxylic acid groups (broad SMARTS) is 1. The zero-order chi connectivity index (χ0) is 12.3. The van der Waals surface area contributed by atoms with E-state index in [0.29, 0.717) is 13.0 Å². The van der Waals surface area contributed by atoms with Gasteiger partial charge in [0.2, 0.25) is 0 Å². The van der Waals surface area contributed by atoms with Gasteiger partial charge >= 0.3 is 5.97 Å². The Kier molecular flexibility index (Phi) is 4.96. The normalized spacial score (nSPS) is 15.1. The first-order chi connectivity index (χ1) is 6.58. The zero-order valence-electron chi connectivity index (χ0n) is 10.3. The molecule has 0 bridgehead atoms. The quantitative estimate of drug-likeness (QED) is 0.710. The first-order valence-corrected chi connectivity index (χ1v) is 8.11. The fraction of sp³-hybridized carbons (Fsp3) is 0.900. The average molecular weight is 233 g/mol. The Morgan fingerprint density at radius 1 is 1.47 bits per heavy atom. The molecule has 0 saturated carbocycles. The lowest BCUT2D eigenvalue weighted by Crippen LogP contribution is -2.42. The van der Waals surface area contributed by atoms with E-state index in [1.807, 2.05) is 0 Å². The Bertz CT molecular complexity index is 223. The van der Waals surface area contributed by atoms with E-state index in [1.165, 1.54) is 0 Å². The highest BCUT2D eigenvalue weighted by molar-refractivity contribution is 6.74. The smallest absolute Gasteiger partial charge is 0.320 e. The molecular formula is C10H23NO3Si. The van der Waals surface area contributed by atoms with Crippen LogP contribution in [0.25, 0.3) is 0 Å². The second kappa shape index (κ2) is 5.09. The Balaban J connectivity index is 4.01. The van der Waals surface area contributed by atoms with Crippen molar-refractivity contribution in [3.8, 4) is 0 Å². The monoisotopic (exact) mass is 233 g/mol. The van der Waals surface area contributed by atoms with Crippen LogP contribution in [0.1, 0.15) is 27.2 Å². The van der Waals surface area contributed by atoms with Gasteiger partial charge in [0.25, 0.3) is 0 Å². The molecule has 1 atom stereocenters.